The minimum absolute atomic E-state index is 0.000844. The normalized spacial score (nSPS) is 15.3. The SMILES string of the molecule is C/C=C(/c1ccccc1F)c1c(C)ncnc1N1CCN(C(=O)C(C)C)CC1. The highest BCUT2D eigenvalue weighted by atomic mass is 19.1. The summed E-state index contributed by atoms with van der Waals surface area (Å²) in [4.78, 5) is 25.2. The summed E-state index contributed by atoms with van der Waals surface area (Å²) >= 11 is 0. The van der Waals surface area contributed by atoms with Crippen molar-refractivity contribution >= 4 is 17.3 Å². The molecular weight excluding hydrogens is 355 g/mol. The molecule has 1 aliphatic rings. The topological polar surface area (TPSA) is 49.3 Å². The van der Waals surface area contributed by atoms with Gasteiger partial charge in [-0.2, -0.15) is 0 Å². The van der Waals surface area contributed by atoms with E-state index in [1.165, 1.54) is 6.07 Å². The summed E-state index contributed by atoms with van der Waals surface area (Å²) < 4.78 is 14.5. The predicted octanol–water partition coefficient (Wildman–Crippen LogP) is 3.68. The number of amides is 1. The number of benzene rings is 1. The van der Waals surface area contributed by atoms with Crippen LogP contribution in [0.25, 0.3) is 5.57 Å². The Balaban J connectivity index is 1.94. The first kappa shape index (κ1) is 20.0. The Morgan fingerprint density at radius 1 is 1.14 bits per heavy atom. The van der Waals surface area contributed by atoms with E-state index in [4.69, 9.17) is 0 Å². The minimum atomic E-state index is -0.267. The summed E-state index contributed by atoms with van der Waals surface area (Å²) in [6.45, 7) is 10.4. The third kappa shape index (κ3) is 3.91. The molecule has 5 nitrogen and oxygen atoms in total. The molecule has 28 heavy (non-hydrogen) atoms. The number of nitrogens with zero attached hydrogens (tertiary/aromatic N) is 4. The Morgan fingerprint density at radius 3 is 2.43 bits per heavy atom. The second kappa shape index (κ2) is 8.50. The van der Waals surface area contributed by atoms with Gasteiger partial charge in [0.15, 0.2) is 0 Å². The second-order valence-corrected chi connectivity index (χ2v) is 7.31. The molecule has 2 aromatic rings. The molecule has 1 aromatic carbocycles. The Hall–Kier alpha value is -2.76. The zero-order chi connectivity index (χ0) is 20.3. The van der Waals surface area contributed by atoms with Gasteiger partial charge in [-0.3, -0.25) is 4.79 Å². The molecule has 0 radical (unpaired) electrons. The van der Waals surface area contributed by atoms with E-state index in [9.17, 15) is 9.18 Å². The van der Waals surface area contributed by atoms with Gasteiger partial charge in [0.1, 0.15) is 18.0 Å². The third-order valence-electron chi connectivity index (χ3n) is 5.12. The van der Waals surface area contributed by atoms with Gasteiger partial charge in [-0.1, -0.05) is 38.1 Å². The van der Waals surface area contributed by atoms with Crippen LogP contribution in [0.5, 0.6) is 0 Å². The van der Waals surface area contributed by atoms with Crippen LogP contribution in [0, 0.1) is 18.7 Å². The number of aromatic nitrogens is 2. The minimum Gasteiger partial charge on any atom is -0.352 e. The number of piperazine rings is 1. The largest absolute Gasteiger partial charge is 0.352 e. The monoisotopic (exact) mass is 382 g/mol. The smallest absolute Gasteiger partial charge is 0.225 e. The van der Waals surface area contributed by atoms with Gasteiger partial charge in [0.25, 0.3) is 0 Å². The maximum absolute atomic E-state index is 14.5. The summed E-state index contributed by atoms with van der Waals surface area (Å²) in [5.74, 6) is 0.705. The molecule has 0 saturated carbocycles. The van der Waals surface area contributed by atoms with E-state index in [2.05, 4.69) is 14.9 Å². The van der Waals surface area contributed by atoms with Gasteiger partial charge in [-0.05, 0) is 25.5 Å². The summed E-state index contributed by atoms with van der Waals surface area (Å²) in [6.07, 6.45) is 3.46. The fourth-order valence-corrected chi connectivity index (χ4v) is 3.63. The quantitative estimate of drug-likeness (QED) is 0.809. The van der Waals surface area contributed by atoms with Crippen LogP contribution in [0.15, 0.2) is 36.7 Å². The lowest BCUT2D eigenvalue weighted by molar-refractivity contribution is -0.134. The van der Waals surface area contributed by atoms with Crippen LogP contribution in [0.4, 0.5) is 10.2 Å². The molecule has 1 aromatic heterocycles. The molecule has 1 saturated heterocycles. The van der Waals surface area contributed by atoms with Crippen molar-refractivity contribution in [3.05, 3.63) is 59.3 Å². The molecule has 3 rings (SSSR count). The summed E-state index contributed by atoms with van der Waals surface area (Å²) in [5.41, 5.74) is 2.98. The number of halogens is 1. The molecule has 148 valence electrons. The average molecular weight is 382 g/mol. The molecule has 0 unspecified atom stereocenters. The predicted molar refractivity (Wildman–Crippen MR) is 110 cm³/mol. The standard InChI is InChI=1S/C22H27FN4O/c1-5-17(18-8-6-7-9-19(18)23)20-16(4)24-14-25-21(20)26-10-12-27(13-11-26)22(28)15(2)3/h5-9,14-15H,10-13H2,1-4H3/b17-5-. The van der Waals surface area contributed by atoms with Gasteiger partial charge in [-0.25, -0.2) is 14.4 Å². The Bertz CT molecular complexity index is 886. The van der Waals surface area contributed by atoms with Crippen molar-refractivity contribution in [1.82, 2.24) is 14.9 Å². The van der Waals surface area contributed by atoms with Crippen LogP contribution in [-0.4, -0.2) is 47.0 Å². The zero-order valence-corrected chi connectivity index (χ0v) is 16.9. The van der Waals surface area contributed by atoms with Gasteiger partial charge in [0.05, 0.1) is 5.69 Å². The summed E-state index contributed by atoms with van der Waals surface area (Å²) in [6, 6.07) is 6.76. The number of allylic oxidation sites excluding steroid dienone is 1. The molecule has 0 aliphatic carbocycles. The molecule has 0 bridgehead atoms. The van der Waals surface area contributed by atoms with Crippen LogP contribution < -0.4 is 4.90 Å². The van der Waals surface area contributed by atoms with E-state index in [0.717, 1.165) is 22.6 Å². The molecular formula is C22H27FN4O. The van der Waals surface area contributed by atoms with E-state index in [1.807, 2.05) is 44.7 Å². The van der Waals surface area contributed by atoms with E-state index in [-0.39, 0.29) is 17.6 Å². The Kier molecular flexibility index (Phi) is 6.07. The van der Waals surface area contributed by atoms with Crippen LogP contribution in [0.3, 0.4) is 0 Å². The van der Waals surface area contributed by atoms with Crippen molar-refractivity contribution in [2.24, 2.45) is 5.92 Å². The number of hydrogen-bond acceptors (Lipinski definition) is 4. The molecule has 1 aliphatic heterocycles. The van der Waals surface area contributed by atoms with Crippen LogP contribution in [0.2, 0.25) is 0 Å². The number of hydrogen-bond donors (Lipinski definition) is 0. The van der Waals surface area contributed by atoms with Crippen molar-refractivity contribution in [2.45, 2.75) is 27.7 Å². The summed E-state index contributed by atoms with van der Waals surface area (Å²) in [7, 11) is 0. The van der Waals surface area contributed by atoms with E-state index >= 15 is 0 Å². The second-order valence-electron chi connectivity index (χ2n) is 7.31. The fraction of sp³-hybridized carbons (Fsp3) is 0.409. The number of carbonyl (C=O) groups excluding carboxylic acids is 1. The van der Waals surface area contributed by atoms with Crippen LogP contribution in [0.1, 0.15) is 37.6 Å². The van der Waals surface area contributed by atoms with Gasteiger partial charge in [0.2, 0.25) is 5.91 Å². The molecule has 1 amide bonds. The first-order valence-corrected chi connectivity index (χ1v) is 9.71. The average Bonchev–Trinajstić information content (AvgIpc) is 2.70. The highest BCUT2D eigenvalue weighted by molar-refractivity contribution is 5.86. The van der Waals surface area contributed by atoms with Crippen molar-refractivity contribution in [3.63, 3.8) is 0 Å². The fourth-order valence-electron chi connectivity index (χ4n) is 3.63. The van der Waals surface area contributed by atoms with Gasteiger partial charge in [0, 0.05) is 43.2 Å². The van der Waals surface area contributed by atoms with E-state index in [1.54, 1.807) is 18.5 Å². The lowest BCUT2D eigenvalue weighted by atomic mass is 9.96. The Labute approximate surface area is 165 Å². The van der Waals surface area contributed by atoms with Crippen LogP contribution in [-0.2, 0) is 4.79 Å². The number of carbonyl (C=O) groups is 1. The third-order valence-corrected chi connectivity index (χ3v) is 5.12. The van der Waals surface area contributed by atoms with Gasteiger partial charge >= 0.3 is 0 Å². The van der Waals surface area contributed by atoms with E-state index in [0.29, 0.717) is 31.7 Å². The molecule has 6 heteroatoms. The first-order chi connectivity index (χ1) is 13.4. The highest BCUT2D eigenvalue weighted by Gasteiger charge is 2.26. The molecule has 1 fully saturated rings. The molecule has 2 heterocycles. The maximum Gasteiger partial charge on any atom is 0.225 e. The summed E-state index contributed by atoms with van der Waals surface area (Å²) in [5, 5.41) is 0. The van der Waals surface area contributed by atoms with Crippen molar-refractivity contribution in [3.8, 4) is 0 Å². The zero-order valence-electron chi connectivity index (χ0n) is 16.9. The van der Waals surface area contributed by atoms with Gasteiger partial charge < -0.3 is 9.80 Å². The molecule has 0 N–H and O–H groups in total. The molecule has 0 spiro atoms. The number of aryl methyl sites for hydroxylation is 1. The van der Waals surface area contributed by atoms with Crippen molar-refractivity contribution < 1.29 is 9.18 Å². The van der Waals surface area contributed by atoms with Crippen molar-refractivity contribution in [1.29, 1.82) is 0 Å². The highest BCUT2D eigenvalue weighted by Crippen LogP contribution is 2.33. The number of rotatable bonds is 4. The maximum atomic E-state index is 14.5. The molecule has 0 atom stereocenters. The number of anilines is 1. The lowest BCUT2D eigenvalue weighted by Crippen LogP contribution is -2.50. The van der Waals surface area contributed by atoms with Gasteiger partial charge in [-0.15, -0.1) is 0 Å². The van der Waals surface area contributed by atoms with Crippen LogP contribution >= 0.6 is 0 Å². The van der Waals surface area contributed by atoms with E-state index < -0.39 is 0 Å². The Morgan fingerprint density at radius 2 is 1.82 bits per heavy atom. The van der Waals surface area contributed by atoms with Crippen molar-refractivity contribution in [2.75, 3.05) is 31.1 Å². The lowest BCUT2D eigenvalue weighted by Gasteiger charge is -2.37. The first-order valence-electron chi connectivity index (χ1n) is 9.71.